The van der Waals surface area contributed by atoms with Crippen molar-refractivity contribution in [1.29, 1.82) is 0 Å². The number of carbonyl (C=O) groups is 1. The van der Waals surface area contributed by atoms with Crippen LogP contribution in [0.4, 0.5) is 17.6 Å². The molecule has 1 aromatic rings. The van der Waals surface area contributed by atoms with E-state index < -0.39 is 41.8 Å². The maximum absolute atomic E-state index is 13.5. The van der Waals surface area contributed by atoms with E-state index in [1.165, 1.54) is 27.0 Å². The fraction of sp³-hybridized carbons (Fsp3) is 0.562. The highest BCUT2D eigenvalue weighted by atomic mass is 19.4. The number of carbonyl (C=O) groups excluding carboxylic acids is 1. The van der Waals surface area contributed by atoms with Crippen LogP contribution in [0.1, 0.15) is 32.3 Å². The quantitative estimate of drug-likeness (QED) is 0.630. The Hall–Kier alpha value is -1.83. The molecule has 1 rings (SSSR count). The number of aliphatic hydroxyl groups is 1. The zero-order valence-corrected chi connectivity index (χ0v) is 13.8. The van der Waals surface area contributed by atoms with Crippen LogP contribution in [0.25, 0.3) is 0 Å². The fourth-order valence-corrected chi connectivity index (χ4v) is 2.61. The van der Waals surface area contributed by atoms with E-state index in [-0.39, 0.29) is 11.3 Å². The molecule has 136 valence electrons. The van der Waals surface area contributed by atoms with Gasteiger partial charge >= 0.3 is 12.1 Å². The molecule has 0 saturated carbocycles. The SMILES string of the molecule is COC(=O)CC(O)(CC(C)(C)c1cc(F)ccc1OC)C(F)(F)F. The molecule has 1 N–H and O–H groups in total. The number of alkyl halides is 3. The minimum atomic E-state index is -5.07. The Kier molecular flexibility index (Phi) is 5.86. The Morgan fingerprint density at radius 1 is 1.21 bits per heavy atom. The van der Waals surface area contributed by atoms with Gasteiger partial charge < -0.3 is 14.6 Å². The molecule has 0 radical (unpaired) electrons. The first-order valence-corrected chi connectivity index (χ1v) is 7.06. The predicted molar refractivity (Wildman–Crippen MR) is 78.2 cm³/mol. The second-order valence-corrected chi connectivity index (χ2v) is 6.19. The van der Waals surface area contributed by atoms with Crippen molar-refractivity contribution in [3.05, 3.63) is 29.6 Å². The van der Waals surface area contributed by atoms with Gasteiger partial charge in [-0.1, -0.05) is 13.8 Å². The number of hydrogen-bond acceptors (Lipinski definition) is 4. The molecule has 24 heavy (non-hydrogen) atoms. The summed E-state index contributed by atoms with van der Waals surface area (Å²) < 4.78 is 62.9. The summed E-state index contributed by atoms with van der Waals surface area (Å²) in [5.74, 6) is -1.66. The summed E-state index contributed by atoms with van der Waals surface area (Å²) in [5.41, 5.74) is -4.51. The van der Waals surface area contributed by atoms with Gasteiger partial charge in [0.05, 0.1) is 20.6 Å². The molecule has 0 saturated heterocycles. The Bertz CT molecular complexity index is 598. The first-order valence-electron chi connectivity index (χ1n) is 7.06. The monoisotopic (exact) mass is 352 g/mol. The largest absolute Gasteiger partial charge is 0.496 e. The number of methoxy groups -OCH3 is 2. The molecule has 0 aliphatic heterocycles. The number of esters is 1. The molecule has 1 unspecified atom stereocenters. The lowest BCUT2D eigenvalue weighted by molar-refractivity contribution is -0.269. The number of ether oxygens (including phenoxy) is 2. The summed E-state index contributed by atoms with van der Waals surface area (Å²) >= 11 is 0. The van der Waals surface area contributed by atoms with Gasteiger partial charge in [-0.15, -0.1) is 0 Å². The first kappa shape index (κ1) is 20.2. The molecule has 0 spiro atoms. The van der Waals surface area contributed by atoms with E-state index in [1.54, 1.807) is 0 Å². The van der Waals surface area contributed by atoms with Crippen molar-refractivity contribution in [3.63, 3.8) is 0 Å². The maximum Gasteiger partial charge on any atom is 0.417 e. The number of rotatable bonds is 6. The summed E-state index contributed by atoms with van der Waals surface area (Å²) in [6.45, 7) is 2.80. The van der Waals surface area contributed by atoms with Gasteiger partial charge in [-0.05, 0) is 30.0 Å². The van der Waals surface area contributed by atoms with Crippen LogP contribution in [0, 0.1) is 5.82 Å². The highest BCUT2D eigenvalue weighted by molar-refractivity contribution is 5.70. The summed E-state index contributed by atoms with van der Waals surface area (Å²) in [5, 5.41) is 10.1. The van der Waals surface area contributed by atoms with Crippen molar-refractivity contribution in [1.82, 2.24) is 0 Å². The third kappa shape index (κ3) is 4.37. The fourth-order valence-electron chi connectivity index (χ4n) is 2.61. The summed E-state index contributed by atoms with van der Waals surface area (Å²) in [6, 6.07) is 3.45. The average molecular weight is 352 g/mol. The standard InChI is InChI=1S/C16H20F4O4/c1-14(2,11-7-10(17)5-6-12(11)23-3)9-15(22,16(18,19)20)8-13(21)24-4/h5-7,22H,8-9H2,1-4H3. The van der Waals surface area contributed by atoms with E-state index in [0.29, 0.717) is 0 Å². The highest BCUT2D eigenvalue weighted by Gasteiger charge is 2.57. The third-order valence-electron chi connectivity index (χ3n) is 3.82. The van der Waals surface area contributed by atoms with E-state index in [2.05, 4.69) is 4.74 Å². The molecule has 1 atom stereocenters. The van der Waals surface area contributed by atoms with Gasteiger partial charge in [0.2, 0.25) is 0 Å². The smallest absolute Gasteiger partial charge is 0.417 e. The lowest BCUT2D eigenvalue weighted by Gasteiger charge is -2.37. The van der Waals surface area contributed by atoms with E-state index in [4.69, 9.17) is 4.74 Å². The van der Waals surface area contributed by atoms with Crippen LogP contribution in [0.15, 0.2) is 18.2 Å². The maximum atomic E-state index is 13.5. The van der Waals surface area contributed by atoms with E-state index in [9.17, 15) is 27.5 Å². The van der Waals surface area contributed by atoms with Gasteiger partial charge in [0.25, 0.3) is 0 Å². The molecule has 1 aromatic carbocycles. The van der Waals surface area contributed by atoms with Gasteiger partial charge in [-0.25, -0.2) is 4.39 Å². The molecule has 8 heteroatoms. The van der Waals surface area contributed by atoms with Crippen molar-refractivity contribution >= 4 is 5.97 Å². The van der Waals surface area contributed by atoms with Crippen LogP contribution >= 0.6 is 0 Å². The number of halogens is 4. The van der Waals surface area contributed by atoms with Crippen molar-refractivity contribution in [3.8, 4) is 5.75 Å². The second-order valence-electron chi connectivity index (χ2n) is 6.19. The van der Waals surface area contributed by atoms with Gasteiger partial charge in [0, 0.05) is 5.56 Å². The Morgan fingerprint density at radius 2 is 1.79 bits per heavy atom. The highest BCUT2D eigenvalue weighted by Crippen LogP contribution is 2.45. The molecule has 0 aliphatic rings. The van der Waals surface area contributed by atoms with Crippen LogP contribution in [0.5, 0.6) is 5.75 Å². The van der Waals surface area contributed by atoms with Crippen molar-refractivity contribution in [2.75, 3.05) is 14.2 Å². The zero-order valence-electron chi connectivity index (χ0n) is 13.8. The van der Waals surface area contributed by atoms with E-state index in [0.717, 1.165) is 19.2 Å². The van der Waals surface area contributed by atoms with Gasteiger partial charge in [0.1, 0.15) is 11.6 Å². The summed E-state index contributed by atoms with van der Waals surface area (Å²) in [4.78, 5) is 11.3. The molecule has 4 nitrogen and oxygen atoms in total. The molecular formula is C16H20F4O4. The normalized spacial score (nSPS) is 14.9. The van der Waals surface area contributed by atoms with Crippen LogP contribution in [0.2, 0.25) is 0 Å². The number of hydrogen-bond donors (Lipinski definition) is 1. The predicted octanol–water partition coefficient (Wildman–Crippen LogP) is 3.36. The minimum Gasteiger partial charge on any atom is -0.496 e. The lowest BCUT2D eigenvalue weighted by atomic mass is 9.73. The van der Waals surface area contributed by atoms with Crippen LogP contribution in [-0.4, -0.2) is 37.1 Å². The molecule has 0 bridgehead atoms. The molecule has 0 heterocycles. The van der Waals surface area contributed by atoms with Crippen LogP contribution in [0.3, 0.4) is 0 Å². The van der Waals surface area contributed by atoms with Crippen molar-refractivity contribution in [2.45, 2.75) is 43.9 Å². The van der Waals surface area contributed by atoms with E-state index >= 15 is 0 Å². The zero-order chi connectivity index (χ0) is 18.8. The Balaban J connectivity index is 3.30. The van der Waals surface area contributed by atoms with Gasteiger partial charge in [-0.2, -0.15) is 13.2 Å². The minimum absolute atomic E-state index is 0.151. The molecule has 0 aromatic heterocycles. The topological polar surface area (TPSA) is 55.8 Å². The molecule has 0 aliphatic carbocycles. The molecular weight excluding hydrogens is 332 g/mol. The number of benzene rings is 1. The first-order chi connectivity index (χ1) is 10.9. The lowest BCUT2D eigenvalue weighted by Crippen LogP contribution is -2.50. The Labute approximate surface area is 137 Å². The third-order valence-corrected chi connectivity index (χ3v) is 3.82. The van der Waals surface area contributed by atoms with Crippen molar-refractivity contribution < 1.29 is 36.9 Å². The van der Waals surface area contributed by atoms with E-state index in [1.807, 2.05) is 0 Å². The average Bonchev–Trinajstić information content (AvgIpc) is 2.45. The van der Waals surface area contributed by atoms with Crippen LogP contribution < -0.4 is 4.74 Å². The van der Waals surface area contributed by atoms with Crippen molar-refractivity contribution in [2.24, 2.45) is 0 Å². The summed E-state index contributed by atoms with van der Waals surface area (Å²) in [7, 11) is 2.23. The summed E-state index contributed by atoms with van der Waals surface area (Å²) in [6.07, 6.45) is -7.20. The molecule has 0 fully saturated rings. The van der Waals surface area contributed by atoms with Gasteiger partial charge in [0.15, 0.2) is 5.60 Å². The second kappa shape index (κ2) is 6.96. The molecule has 0 amide bonds. The Morgan fingerprint density at radius 3 is 2.25 bits per heavy atom. The van der Waals surface area contributed by atoms with Crippen LogP contribution in [-0.2, 0) is 14.9 Å². The van der Waals surface area contributed by atoms with Gasteiger partial charge in [-0.3, -0.25) is 4.79 Å².